The second-order valence-corrected chi connectivity index (χ2v) is 4.03. The fourth-order valence-corrected chi connectivity index (χ4v) is 1.64. The lowest BCUT2D eigenvalue weighted by molar-refractivity contribution is -0.0328. The fraction of sp³-hybridized carbons (Fsp3) is 0.333. The lowest BCUT2D eigenvalue weighted by Crippen LogP contribution is -2.00. The minimum Gasteiger partial charge on any atom is -0.207 e. The number of halogens is 4. The molecule has 0 N–H and O–H groups in total. The van der Waals surface area contributed by atoms with Crippen molar-refractivity contribution in [1.29, 1.82) is 0 Å². The van der Waals surface area contributed by atoms with Crippen LogP contribution in [0.4, 0.5) is 17.6 Å². The van der Waals surface area contributed by atoms with Crippen molar-refractivity contribution >= 4 is 11.8 Å². The van der Waals surface area contributed by atoms with Crippen LogP contribution in [0.1, 0.15) is 11.1 Å². The largest absolute Gasteiger partial charge is 0.446 e. The highest BCUT2D eigenvalue weighted by molar-refractivity contribution is 8.00. The third-order valence-electron chi connectivity index (χ3n) is 1.81. The Kier molecular flexibility index (Phi) is 3.09. The van der Waals surface area contributed by atoms with Gasteiger partial charge in [-0.2, -0.15) is 13.2 Å². The summed E-state index contributed by atoms with van der Waals surface area (Å²) in [5.74, 6) is -0.600. The number of aryl methyl sites for hydroxylation is 1. The zero-order valence-electron chi connectivity index (χ0n) is 7.57. The minimum atomic E-state index is -4.37. The Balaban J connectivity index is 3.02. The van der Waals surface area contributed by atoms with Gasteiger partial charge in [-0.05, 0) is 48.9 Å². The van der Waals surface area contributed by atoms with E-state index >= 15 is 0 Å². The van der Waals surface area contributed by atoms with Crippen LogP contribution in [0.25, 0.3) is 0 Å². The predicted octanol–water partition coefficient (Wildman–Crippen LogP) is 4.05. The maximum absolute atomic E-state index is 13.0. The first-order valence-corrected chi connectivity index (χ1v) is 4.64. The second-order valence-electron chi connectivity index (χ2n) is 2.89. The topological polar surface area (TPSA) is 0 Å². The van der Waals surface area contributed by atoms with Crippen molar-refractivity contribution < 1.29 is 17.6 Å². The first kappa shape index (κ1) is 11.4. The molecule has 5 heteroatoms. The molecule has 0 radical (unpaired) electrons. The molecule has 0 spiro atoms. The van der Waals surface area contributed by atoms with Gasteiger partial charge in [0.1, 0.15) is 5.82 Å². The Morgan fingerprint density at radius 3 is 2.14 bits per heavy atom. The second kappa shape index (κ2) is 3.81. The smallest absolute Gasteiger partial charge is 0.207 e. The highest BCUT2D eigenvalue weighted by Gasteiger charge is 2.29. The molecule has 1 aromatic rings. The van der Waals surface area contributed by atoms with Crippen molar-refractivity contribution in [2.24, 2.45) is 0 Å². The number of hydrogen-bond acceptors (Lipinski definition) is 1. The van der Waals surface area contributed by atoms with Crippen LogP contribution in [-0.4, -0.2) is 5.51 Å². The Labute approximate surface area is 83.3 Å². The average molecular weight is 224 g/mol. The SMILES string of the molecule is Cc1cc(SC(F)(F)F)cc(F)c1C. The van der Waals surface area contributed by atoms with E-state index in [-0.39, 0.29) is 16.7 Å². The number of alkyl halides is 3. The molecule has 0 fully saturated rings. The molecule has 0 saturated carbocycles. The van der Waals surface area contributed by atoms with Crippen LogP contribution >= 0.6 is 11.8 Å². The van der Waals surface area contributed by atoms with E-state index in [9.17, 15) is 17.6 Å². The minimum absolute atomic E-state index is 0.113. The van der Waals surface area contributed by atoms with Crippen LogP contribution < -0.4 is 0 Å². The Bertz CT molecular complexity index is 320. The fourth-order valence-electron chi connectivity index (χ4n) is 0.977. The third kappa shape index (κ3) is 2.90. The average Bonchev–Trinajstić information content (AvgIpc) is 1.96. The van der Waals surface area contributed by atoms with Crippen molar-refractivity contribution in [1.82, 2.24) is 0 Å². The van der Waals surface area contributed by atoms with Crippen LogP contribution in [-0.2, 0) is 0 Å². The summed E-state index contributed by atoms with van der Waals surface area (Å²) in [5, 5.41) is 0. The van der Waals surface area contributed by atoms with Gasteiger partial charge in [0, 0.05) is 4.90 Å². The summed E-state index contributed by atoms with van der Waals surface area (Å²) in [7, 11) is 0. The highest BCUT2D eigenvalue weighted by atomic mass is 32.2. The summed E-state index contributed by atoms with van der Waals surface area (Å²) in [6, 6.07) is 2.23. The molecule has 0 heterocycles. The molecule has 0 unspecified atom stereocenters. The van der Waals surface area contributed by atoms with Crippen LogP contribution in [0.15, 0.2) is 17.0 Å². The van der Waals surface area contributed by atoms with E-state index in [2.05, 4.69) is 0 Å². The summed E-state index contributed by atoms with van der Waals surface area (Å²) in [5.41, 5.74) is -3.46. The zero-order valence-corrected chi connectivity index (χ0v) is 8.39. The number of rotatable bonds is 1. The lowest BCUT2D eigenvalue weighted by Gasteiger charge is -2.08. The molecule has 0 aliphatic rings. The van der Waals surface area contributed by atoms with E-state index in [0.29, 0.717) is 11.1 Å². The standard InChI is InChI=1S/C9H8F4S/c1-5-3-7(14-9(11,12)13)4-8(10)6(5)2/h3-4H,1-2H3. The van der Waals surface area contributed by atoms with Crippen LogP contribution in [0, 0.1) is 19.7 Å². The zero-order chi connectivity index (χ0) is 10.9. The monoisotopic (exact) mass is 224 g/mol. The number of thioether (sulfide) groups is 1. The molecule has 14 heavy (non-hydrogen) atoms. The van der Waals surface area contributed by atoms with E-state index in [1.54, 1.807) is 6.92 Å². The maximum atomic E-state index is 13.0. The molecule has 0 atom stereocenters. The Morgan fingerprint density at radius 2 is 1.71 bits per heavy atom. The van der Waals surface area contributed by atoms with E-state index in [0.717, 1.165) is 6.07 Å². The van der Waals surface area contributed by atoms with Gasteiger partial charge < -0.3 is 0 Å². The molecule has 78 valence electrons. The van der Waals surface area contributed by atoms with E-state index in [4.69, 9.17) is 0 Å². The number of hydrogen-bond donors (Lipinski definition) is 0. The highest BCUT2D eigenvalue weighted by Crippen LogP contribution is 2.37. The molecule has 0 bridgehead atoms. The van der Waals surface area contributed by atoms with Crippen LogP contribution in [0.2, 0.25) is 0 Å². The molecule has 0 aliphatic heterocycles. The van der Waals surface area contributed by atoms with Crippen molar-refractivity contribution in [2.75, 3.05) is 0 Å². The van der Waals surface area contributed by atoms with E-state index in [1.807, 2.05) is 0 Å². The van der Waals surface area contributed by atoms with Gasteiger partial charge >= 0.3 is 5.51 Å². The molecule has 0 amide bonds. The molecule has 1 aromatic carbocycles. The van der Waals surface area contributed by atoms with Gasteiger partial charge in [-0.15, -0.1) is 0 Å². The summed E-state index contributed by atoms with van der Waals surface area (Å²) in [4.78, 5) is -0.113. The van der Waals surface area contributed by atoms with Gasteiger partial charge in [-0.3, -0.25) is 0 Å². The van der Waals surface area contributed by atoms with Crippen molar-refractivity contribution in [3.05, 3.63) is 29.1 Å². The van der Waals surface area contributed by atoms with Crippen LogP contribution in [0.5, 0.6) is 0 Å². The molecule has 0 saturated heterocycles. The summed E-state index contributed by atoms with van der Waals surface area (Å²) < 4.78 is 48.9. The van der Waals surface area contributed by atoms with Gasteiger partial charge in [0.25, 0.3) is 0 Å². The third-order valence-corrected chi connectivity index (χ3v) is 2.51. The predicted molar refractivity (Wildman–Crippen MR) is 47.8 cm³/mol. The van der Waals surface area contributed by atoms with Gasteiger partial charge in [-0.25, -0.2) is 4.39 Å². The van der Waals surface area contributed by atoms with Crippen LogP contribution in [0.3, 0.4) is 0 Å². The Morgan fingerprint density at radius 1 is 1.14 bits per heavy atom. The normalized spacial score (nSPS) is 11.9. The molecular weight excluding hydrogens is 216 g/mol. The van der Waals surface area contributed by atoms with Gasteiger partial charge in [-0.1, -0.05) is 0 Å². The van der Waals surface area contributed by atoms with Crippen molar-refractivity contribution in [3.63, 3.8) is 0 Å². The summed E-state index contributed by atoms with van der Waals surface area (Å²) in [6.07, 6.45) is 0. The first-order valence-electron chi connectivity index (χ1n) is 3.82. The summed E-state index contributed by atoms with van der Waals surface area (Å²) >= 11 is -0.302. The molecule has 1 rings (SSSR count). The maximum Gasteiger partial charge on any atom is 0.446 e. The van der Waals surface area contributed by atoms with Gasteiger partial charge in [0.15, 0.2) is 0 Å². The van der Waals surface area contributed by atoms with E-state index < -0.39 is 11.3 Å². The quantitative estimate of drug-likeness (QED) is 0.512. The van der Waals surface area contributed by atoms with Gasteiger partial charge in [0.05, 0.1) is 0 Å². The van der Waals surface area contributed by atoms with Crippen molar-refractivity contribution in [3.8, 4) is 0 Å². The van der Waals surface area contributed by atoms with Gasteiger partial charge in [0.2, 0.25) is 0 Å². The molecule has 0 aliphatic carbocycles. The lowest BCUT2D eigenvalue weighted by atomic mass is 10.1. The van der Waals surface area contributed by atoms with E-state index in [1.165, 1.54) is 13.0 Å². The molecular formula is C9H8F4S. The molecule has 0 nitrogen and oxygen atoms in total. The summed E-state index contributed by atoms with van der Waals surface area (Å²) in [6.45, 7) is 3.12. The number of benzene rings is 1. The first-order chi connectivity index (χ1) is 6.29. The Hall–Kier alpha value is -0.710. The molecule has 0 aromatic heterocycles. The van der Waals surface area contributed by atoms with Crippen molar-refractivity contribution in [2.45, 2.75) is 24.3 Å².